The molecule has 1 atom stereocenters. The summed E-state index contributed by atoms with van der Waals surface area (Å²) in [6.45, 7) is 0.766. The molecule has 0 radical (unpaired) electrons. The van der Waals surface area contributed by atoms with Gasteiger partial charge >= 0.3 is 5.97 Å². The number of carboxylic acids is 1. The summed E-state index contributed by atoms with van der Waals surface area (Å²) < 4.78 is 7.63. The highest BCUT2D eigenvalue weighted by atomic mass is 32.2. The number of hydrogen-bond donors (Lipinski definition) is 3. The number of nitrogens with zero attached hydrogens (tertiary/aromatic N) is 2. The number of aromatic carboxylic acids is 1. The number of nitrogens with two attached hydrogens (primary N) is 1. The van der Waals surface area contributed by atoms with Crippen LogP contribution in [0.3, 0.4) is 0 Å². The lowest BCUT2D eigenvalue weighted by Gasteiger charge is -2.21. The molecule has 0 amide bonds. The topological polar surface area (TPSA) is 102 Å². The minimum atomic E-state index is -0.983. The summed E-state index contributed by atoms with van der Waals surface area (Å²) in [5, 5.41) is 16.1. The molecule has 2 aliphatic rings. The van der Waals surface area contributed by atoms with Gasteiger partial charge in [-0.2, -0.15) is 16.9 Å². The van der Waals surface area contributed by atoms with Crippen molar-refractivity contribution in [2.45, 2.75) is 25.7 Å². The second kappa shape index (κ2) is 12.5. The molecule has 2 heterocycles. The maximum Gasteiger partial charge on any atom is 0.338 e. The number of nitrogens with one attached hydrogen (secondary N) is 1. The molecule has 8 heteroatoms. The van der Waals surface area contributed by atoms with E-state index >= 15 is 0 Å². The molecule has 36 heavy (non-hydrogen) atoms. The average molecular weight is 507 g/mol. The van der Waals surface area contributed by atoms with E-state index < -0.39 is 5.97 Å². The Morgan fingerprint density at radius 2 is 2.00 bits per heavy atom. The molecule has 1 saturated heterocycles. The fraction of sp³-hybridized carbons (Fsp3) is 0.357. The van der Waals surface area contributed by atoms with Gasteiger partial charge in [-0.25, -0.2) is 9.48 Å². The third-order valence-electron chi connectivity index (χ3n) is 6.21. The van der Waals surface area contributed by atoms with E-state index in [2.05, 4.69) is 16.5 Å². The van der Waals surface area contributed by atoms with Crippen LogP contribution < -0.4 is 15.8 Å². The van der Waals surface area contributed by atoms with Crippen LogP contribution in [0.4, 0.5) is 0 Å². The van der Waals surface area contributed by atoms with Crippen LogP contribution in [0.1, 0.15) is 36.0 Å². The van der Waals surface area contributed by atoms with Crippen molar-refractivity contribution in [3.63, 3.8) is 0 Å². The minimum absolute atomic E-state index is 0.168. The van der Waals surface area contributed by atoms with Crippen molar-refractivity contribution < 1.29 is 14.6 Å². The van der Waals surface area contributed by atoms with Gasteiger partial charge in [0, 0.05) is 31.1 Å². The monoisotopic (exact) mass is 506 g/mol. The van der Waals surface area contributed by atoms with E-state index in [1.54, 1.807) is 4.68 Å². The van der Waals surface area contributed by atoms with E-state index in [1.165, 1.54) is 49.6 Å². The Morgan fingerprint density at radius 1 is 1.22 bits per heavy atom. The molecule has 1 aliphatic heterocycles. The van der Waals surface area contributed by atoms with Gasteiger partial charge in [-0.3, -0.25) is 0 Å². The van der Waals surface area contributed by atoms with Crippen LogP contribution in [0.25, 0.3) is 16.8 Å². The number of rotatable bonds is 8. The number of aromatic nitrogens is 2. The van der Waals surface area contributed by atoms with E-state index in [0.29, 0.717) is 11.8 Å². The van der Waals surface area contributed by atoms with Crippen molar-refractivity contribution in [1.29, 1.82) is 0 Å². The van der Waals surface area contributed by atoms with Crippen LogP contribution in [0.2, 0.25) is 0 Å². The zero-order chi connectivity index (χ0) is 25.3. The summed E-state index contributed by atoms with van der Waals surface area (Å²) in [5.41, 5.74) is 9.67. The predicted molar refractivity (Wildman–Crippen MR) is 146 cm³/mol. The quantitative estimate of drug-likeness (QED) is 0.387. The molecule has 2 aromatic carbocycles. The van der Waals surface area contributed by atoms with Crippen molar-refractivity contribution in [2.75, 3.05) is 25.2 Å². The number of allylic oxidation sites excluding steroid dienone is 1. The van der Waals surface area contributed by atoms with Gasteiger partial charge in [-0.1, -0.05) is 24.3 Å². The van der Waals surface area contributed by atoms with Crippen LogP contribution in [-0.2, 0) is 0 Å². The molecule has 5 rings (SSSR count). The Labute approximate surface area is 216 Å². The molecule has 2 fully saturated rings. The van der Waals surface area contributed by atoms with Gasteiger partial charge in [0.25, 0.3) is 0 Å². The van der Waals surface area contributed by atoms with E-state index in [0.717, 1.165) is 34.9 Å². The number of carboxylic acid groups (broad SMARTS) is 1. The summed E-state index contributed by atoms with van der Waals surface area (Å²) in [5.74, 6) is 3.68. The molecule has 1 unspecified atom stereocenters. The fourth-order valence-corrected chi connectivity index (χ4v) is 5.16. The van der Waals surface area contributed by atoms with Crippen LogP contribution >= 0.6 is 11.8 Å². The summed E-state index contributed by atoms with van der Waals surface area (Å²) in [6, 6.07) is 16.0. The lowest BCUT2D eigenvalue weighted by atomic mass is 10.0. The van der Waals surface area contributed by atoms with E-state index in [1.807, 2.05) is 67.5 Å². The largest absolute Gasteiger partial charge is 0.493 e. The van der Waals surface area contributed by atoms with Crippen LogP contribution in [0.5, 0.6) is 5.75 Å². The highest BCUT2D eigenvalue weighted by molar-refractivity contribution is 7.99. The average Bonchev–Trinajstić information content (AvgIpc) is 3.65. The smallest absolute Gasteiger partial charge is 0.338 e. The van der Waals surface area contributed by atoms with E-state index in [-0.39, 0.29) is 5.56 Å². The van der Waals surface area contributed by atoms with E-state index in [4.69, 9.17) is 15.6 Å². The SMILES string of the molecule is CN/C=C(\N)C1CC1.O=C(O)c1cnn(-c2cccc(-c3cccc(OCC4CCCSC4)c3)c2)c1. The second-order valence-corrected chi connectivity index (χ2v) is 10.3. The van der Waals surface area contributed by atoms with Gasteiger partial charge in [0.15, 0.2) is 0 Å². The molecule has 190 valence electrons. The van der Waals surface area contributed by atoms with Gasteiger partial charge in [0.05, 0.1) is 24.1 Å². The molecule has 0 bridgehead atoms. The molecule has 1 saturated carbocycles. The molecular weight excluding hydrogens is 472 g/mol. The van der Waals surface area contributed by atoms with Gasteiger partial charge in [-0.15, -0.1) is 0 Å². The second-order valence-electron chi connectivity index (χ2n) is 9.16. The Bertz CT molecular complexity index is 1180. The maximum absolute atomic E-state index is 11.1. The first-order chi connectivity index (χ1) is 17.5. The van der Waals surface area contributed by atoms with Gasteiger partial charge in [0.2, 0.25) is 0 Å². The highest BCUT2D eigenvalue weighted by Crippen LogP contribution is 2.33. The summed E-state index contributed by atoms with van der Waals surface area (Å²) >= 11 is 2.02. The number of ether oxygens (including phenoxy) is 1. The normalized spacial score (nSPS) is 17.6. The molecule has 4 N–H and O–H groups in total. The van der Waals surface area contributed by atoms with Gasteiger partial charge in [-0.05, 0) is 78.5 Å². The molecule has 7 nitrogen and oxygen atoms in total. The third kappa shape index (κ3) is 7.31. The van der Waals surface area contributed by atoms with Crippen molar-refractivity contribution in [3.8, 4) is 22.6 Å². The standard InChI is InChI=1S/C22H22N2O3S.C6H12N2/c25-22(26)19-12-23-24(13-19)20-7-1-5-17(10-20)18-6-2-8-21(11-18)27-14-16-4-3-9-28-15-16;1-8-4-6(7)5-2-3-5/h1-2,5-8,10-13,16H,3-4,9,14-15H2,(H,25,26);4-5,8H,2-3,7H2,1H3/b;6-4-. The van der Waals surface area contributed by atoms with Crippen LogP contribution in [-0.4, -0.2) is 46.0 Å². The molecule has 3 aromatic rings. The summed E-state index contributed by atoms with van der Waals surface area (Å²) in [7, 11) is 1.87. The van der Waals surface area contributed by atoms with Crippen LogP contribution in [0, 0.1) is 11.8 Å². The Hall–Kier alpha value is -3.39. The molecule has 0 spiro atoms. The first-order valence-corrected chi connectivity index (χ1v) is 13.5. The first-order valence-electron chi connectivity index (χ1n) is 12.4. The lowest BCUT2D eigenvalue weighted by molar-refractivity contribution is 0.0697. The van der Waals surface area contributed by atoms with Crippen molar-refractivity contribution >= 4 is 17.7 Å². The van der Waals surface area contributed by atoms with Crippen molar-refractivity contribution in [3.05, 3.63) is 78.4 Å². The Kier molecular flexibility index (Phi) is 8.95. The van der Waals surface area contributed by atoms with Crippen molar-refractivity contribution in [1.82, 2.24) is 15.1 Å². The zero-order valence-electron chi connectivity index (χ0n) is 20.6. The number of benzene rings is 2. The summed E-state index contributed by atoms with van der Waals surface area (Å²) in [4.78, 5) is 11.1. The molecule has 1 aliphatic carbocycles. The minimum Gasteiger partial charge on any atom is -0.493 e. The summed E-state index contributed by atoms with van der Waals surface area (Å²) in [6.07, 6.45) is 9.83. The highest BCUT2D eigenvalue weighted by Gasteiger charge is 2.23. The zero-order valence-corrected chi connectivity index (χ0v) is 21.4. The number of thioether (sulfide) groups is 1. The lowest BCUT2D eigenvalue weighted by Crippen LogP contribution is -2.18. The third-order valence-corrected chi connectivity index (χ3v) is 7.49. The van der Waals surface area contributed by atoms with E-state index in [9.17, 15) is 4.79 Å². The Balaban J connectivity index is 0.000000325. The number of carbonyl (C=O) groups is 1. The van der Waals surface area contributed by atoms with Crippen molar-refractivity contribution in [2.24, 2.45) is 17.6 Å². The first kappa shape index (κ1) is 25.7. The van der Waals surface area contributed by atoms with Gasteiger partial charge in [0.1, 0.15) is 5.75 Å². The predicted octanol–water partition coefficient (Wildman–Crippen LogP) is 5.18. The maximum atomic E-state index is 11.1. The fourth-order valence-electron chi connectivity index (χ4n) is 4.02. The Morgan fingerprint density at radius 3 is 2.67 bits per heavy atom. The van der Waals surface area contributed by atoms with Gasteiger partial charge < -0.3 is 20.9 Å². The van der Waals surface area contributed by atoms with Crippen LogP contribution in [0.15, 0.2) is 72.8 Å². The molecule has 1 aromatic heterocycles. The number of hydrogen-bond acceptors (Lipinski definition) is 6. The molecular formula is C28H34N4O3S.